The summed E-state index contributed by atoms with van der Waals surface area (Å²) in [6.45, 7) is 0. The van der Waals surface area contributed by atoms with Gasteiger partial charge in [-0.15, -0.1) is 0 Å². The molecule has 0 amide bonds. The molecule has 2 N–H and O–H groups in total. The largest absolute Gasteiger partial charge is 0.397 e. The fourth-order valence-electron chi connectivity index (χ4n) is 2.34. The molecular weight excluding hydrogens is 257 g/mol. The van der Waals surface area contributed by atoms with E-state index in [0.29, 0.717) is 16.3 Å². The van der Waals surface area contributed by atoms with E-state index in [1.807, 2.05) is 0 Å². The van der Waals surface area contributed by atoms with Gasteiger partial charge in [0.05, 0.1) is 15.7 Å². The number of hydrogen-bond acceptors (Lipinski definition) is 2. The van der Waals surface area contributed by atoms with Gasteiger partial charge >= 0.3 is 0 Å². The number of halogens is 2. The molecule has 92 valence electrons. The Morgan fingerprint density at radius 3 is 2.41 bits per heavy atom. The van der Waals surface area contributed by atoms with Gasteiger partial charge in [-0.25, -0.2) is 0 Å². The summed E-state index contributed by atoms with van der Waals surface area (Å²) in [5, 5.41) is 0.579. The van der Waals surface area contributed by atoms with E-state index < -0.39 is 0 Å². The number of rotatable bonds is 2. The van der Waals surface area contributed by atoms with Crippen LogP contribution in [0.25, 0.3) is 0 Å². The van der Waals surface area contributed by atoms with Crippen LogP contribution in [0.1, 0.15) is 42.5 Å². The number of carbonyl (C=O) groups is 1. The molecule has 0 aromatic heterocycles. The number of benzene rings is 1. The van der Waals surface area contributed by atoms with Crippen molar-refractivity contribution in [2.45, 2.75) is 32.1 Å². The molecular formula is C13H15Cl2NO. The lowest BCUT2D eigenvalue weighted by molar-refractivity contribution is 0.0890. The normalized spacial score (nSPS) is 17.1. The third kappa shape index (κ3) is 2.58. The second kappa shape index (κ2) is 5.28. The van der Waals surface area contributed by atoms with Crippen LogP contribution in [0, 0.1) is 5.92 Å². The Bertz CT molecular complexity index is 439. The summed E-state index contributed by atoms with van der Waals surface area (Å²) in [6.07, 6.45) is 5.38. The third-order valence-corrected chi connectivity index (χ3v) is 4.25. The molecule has 1 aliphatic rings. The summed E-state index contributed by atoms with van der Waals surface area (Å²) in [6, 6.07) is 3.32. The summed E-state index contributed by atoms with van der Waals surface area (Å²) in [4.78, 5) is 12.3. The van der Waals surface area contributed by atoms with Crippen LogP contribution in [-0.4, -0.2) is 5.78 Å². The molecule has 1 saturated carbocycles. The highest BCUT2D eigenvalue weighted by molar-refractivity contribution is 6.45. The predicted molar refractivity (Wildman–Crippen MR) is 71.8 cm³/mol. The molecule has 1 aromatic rings. The molecule has 0 unspecified atom stereocenters. The zero-order valence-corrected chi connectivity index (χ0v) is 11.0. The molecule has 17 heavy (non-hydrogen) atoms. The molecule has 0 bridgehead atoms. The molecule has 0 radical (unpaired) electrons. The van der Waals surface area contributed by atoms with E-state index in [2.05, 4.69) is 0 Å². The second-order valence-electron chi connectivity index (χ2n) is 4.53. The minimum absolute atomic E-state index is 0.0981. The van der Waals surface area contributed by atoms with Gasteiger partial charge in [0.25, 0.3) is 0 Å². The first-order valence-electron chi connectivity index (χ1n) is 5.89. The van der Waals surface area contributed by atoms with Crippen LogP contribution in [0.3, 0.4) is 0 Å². The van der Waals surface area contributed by atoms with Gasteiger partial charge in [-0.2, -0.15) is 0 Å². The second-order valence-corrected chi connectivity index (χ2v) is 5.29. The van der Waals surface area contributed by atoms with Gasteiger partial charge in [0, 0.05) is 11.5 Å². The summed E-state index contributed by atoms with van der Waals surface area (Å²) < 4.78 is 0. The van der Waals surface area contributed by atoms with Crippen molar-refractivity contribution in [2.75, 3.05) is 5.73 Å². The van der Waals surface area contributed by atoms with Crippen LogP contribution in [0.15, 0.2) is 12.1 Å². The van der Waals surface area contributed by atoms with Gasteiger partial charge in [-0.1, -0.05) is 42.5 Å². The number of nitrogens with two attached hydrogens (primary N) is 1. The van der Waals surface area contributed by atoms with Crippen molar-refractivity contribution in [2.24, 2.45) is 5.92 Å². The van der Waals surface area contributed by atoms with Crippen molar-refractivity contribution in [3.63, 3.8) is 0 Å². The summed E-state index contributed by atoms with van der Waals surface area (Å²) in [7, 11) is 0. The van der Waals surface area contributed by atoms with Crippen molar-refractivity contribution < 1.29 is 4.79 Å². The quantitative estimate of drug-likeness (QED) is 0.642. The Kier molecular flexibility index (Phi) is 3.95. The summed E-state index contributed by atoms with van der Waals surface area (Å²) >= 11 is 12.0. The molecule has 0 saturated heterocycles. The van der Waals surface area contributed by atoms with E-state index >= 15 is 0 Å². The fourth-order valence-corrected chi connectivity index (χ4v) is 2.77. The van der Waals surface area contributed by atoms with E-state index in [1.165, 1.54) is 6.42 Å². The number of hydrogen-bond donors (Lipinski definition) is 1. The van der Waals surface area contributed by atoms with Crippen LogP contribution < -0.4 is 5.73 Å². The smallest absolute Gasteiger partial charge is 0.167 e. The Morgan fingerprint density at radius 2 is 1.76 bits per heavy atom. The minimum atomic E-state index is 0.0981. The Balaban J connectivity index is 2.27. The monoisotopic (exact) mass is 271 g/mol. The maximum atomic E-state index is 12.3. The topological polar surface area (TPSA) is 43.1 Å². The Morgan fingerprint density at radius 1 is 1.12 bits per heavy atom. The van der Waals surface area contributed by atoms with E-state index in [9.17, 15) is 4.79 Å². The fraction of sp³-hybridized carbons (Fsp3) is 0.462. The first-order valence-corrected chi connectivity index (χ1v) is 6.64. The Labute approximate surface area is 111 Å². The van der Waals surface area contributed by atoms with Crippen molar-refractivity contribution in [1.82, 2.24) is 0 Å². The number of nitrogen functional groups attached to an aromatic ring is 1. The lowest BCUT2D eigenvalue weighted by Crippen LogP contribution is -2.18. The molecule has 1 aromatic carbocycles. The summed E-state index contributed by atoms with van der Waals surface area (Å²) in [5.41, 5.74) is 6.57. The number of carbonyl (C=O) groups excluding carboxylic acids is 1. The minimum Gasteiger partial charge on any atom is -0.397 e. The van der Waals surface area contributed by atoms with Crippen molar-refractivity contribution >= 4 is 34.7 Å². The van der Waals surface area contributed by atoms with Crippen molar-refractivity contribution in [3.05, 3.63) is 27.7 Å². The van der Waals surface area contributed by atoms with E-state index in [1.54, 1.807) is 12.1 Å². The zero-order chi connectivity index (χ0) is 12.4. The number of Topliss-reactive ketones (excluding diaryl/α,β-unsaturated/α-hetero) is 1. The maximum absolute atomic E-state index is 12.3. The van der Waals surface area contributed by atoms with Crippen molar-refractivity contribution in [3.8, 4) is 0 Å². The standard InChI is InChI=1S/C13H15Cl2NO/c14-11-9(6-7-10(16)12(11)15)13(17)8-4-2-1-3-5-8/h6-8H,1-5,16H2. The first-order chi connectivity index (χ1) is 8.11. The van der Waals surface area contributed by atoms with Gasteiger partial charge in [-0.05, 0) is 25.0 Å². The highest BCUT2D eigenvalue weighted by atomic mass is 35.5. The predicted octanol–water partition coefficient (Wildman–Crippen LogP) is 4.34. The molecule has 1 aliphatic carbocycles. The van der Waals surface area contributed by atoms with Crippen LogP contribution in [-0.2, 0) is 0 Å². The SMILES string of the molecule is Nc1ccc(C(=O)C2CCCCC2)c(Cl)c1Cl. The van der Waals surface area contributed by atoms with Gasteiger partial charge in [0.2, 0.25) is 0 Å². The lowest BCUT2D eigenvalue weighted by atomic mass is 9.84. The van der Waals surface area contributed by atoms with Gasteiger partial charge < -0.3 is 5.73 Å². The third-order valence-electron chi connectivity index (χ3n) is 3.35. The zero-order valence-electron chi connectivity index (χ0n) is 9.51. The van der Waals surface area contributed by atoms with Crippen LogP contribution in [0.2, 0.25) is 10.0 Å². The summed E-state index contributed by atoms with van der Waals surface area (Å²) in [5.74, 6) is 0.206. The maximum Gasteiger partial charge on any atom is 0.167 e. The number of ketones is 1. The molecule has 2 rings (SSSR count). The average Bonchev–Trinajstić information content (AvgIpc) is 2.36. The first kappa shape index (κ1) is 12.7. The van der Waals surface area contributed by atoms with Crippen LogP contribution in [0.5, 0.6) is 0 Å². The lowest BCUT2D eigenvalue weighted by Gasteiger charge is -2.21. The molecule has 0 spiro atoms. The van der Waals surface area contributed by atoms with Crippen molar-refractivity contribution in [1.29, 1.82) is 0 Å². The molecule has 4 heteroatoms. The molecule has 0 heterocycles. The average molecular weight is 272 g/mol. The Hall–Kier alpha value is -0.730. The van der Waals surface area contributed by atoms with E-state index in [0.717, 1.165) is 25.7 Å². The highest BCUT2D eigenvalue weighted by Gasteiger charge is 2.25. The van der Waals surface area contributed by atoms with Crippen LogP contribution >= 0.6 is 23.2 Å². The van der Waals surface area contributed by atoms with Crippen LogP contribution in [0.4, 0.5) is 5.69 Å². The molecule has 0 atom stereocenters. The van der Waals surface area contributed by atoms with E-state index in [4.69, 9.17) is 28.9 Å². The molecule has 0 aliphatic heterocycles. The van der Waals surface area contributed by atoms with Gasteiger partial charge in [-0.3, -0.25) is 4.79 Å². The molecule has 2 nitrogen and oxygen atoms in total. The van der Waals surface area contributed by atoms with Gasteiger partial charge in [0.1, 0.15) is 0 Å². The number of anilines is 1. The highest BCUT2D eigenvalue weighted by Crippen LogP contribution is 2.35. The van der Waals surface area contributed by atoms with Gasteiger partial charge in [0.15, 0.2) is 5.78 Å². The van der Waals surface area contributed by atoms with E-state index in [-0.39, 0.29) is 16.7 Å². The molecule has 1 fully saturated rings.